The van der Waals surface area contributed by atoms with Gasteiger partial charge in [0.25, 0.3) is 0 Å². The van der Waals surface area contributed by atoms with Crippen LogP contribution in [0.4, 0.5) is 0 Å². The fourth-order valence-corrected chi connectivity index (χ4v) is 2.43. The number of guanidine groups is 1. The maximum absolute atomic E-state index is 4.25. The van der Waals surface area contributed by atoms with Crippen LogP contribution in [0.1, 0.15) is 32.6 Å². The molecule has 0 aromatic carbocycles. The van der Waals surface area contributed by atoms with E-state index < -0.39 is 0 Å². The lowest BCUT2D eigenvalue weighted by atomic mass is 9.90. The van der Waals surface area contributed by atoms with Gasteiger partial charge in [0.15, 0.2) is 5.96 Å². The Balaban J connectivity index is 2.37. The standard InChI is InChI=1S/C15H29N5/c1-6-16-15(18-11-17-12(2)3)19-13-7-9-14(10-8-13)20(4)5/h6,13-14,17H,1-2,7-11H2,3-5H3,(H2,16,18,19)/t13-,14-. The van der Waals surface area contributed by atoms with Gasteiger partial charge in [-0.1, -0.05) is 13.2 Å². The van der Waals surface area contributed by atoms with Crippen molar-refractivity contribution in [3.8, 4) is 0 Å². The molecule has 5 heteroatoms. The molecule has 0 atom stereocenters. The Morgan fingerprint density at radius 2 is 1.90 bits per heavy atom. The molecule has 0 spiro atoms. The summed E-state index contributed by atoms with van der Waals surface area (Å²) in [6, 6.07) is 1.20. The van der Waals surface area contributed by atoms with Crippen molar-refractivity contribution in [2.75, 3.05) is 20.8 Å². The van der Waals surface area contributed by atoms with Gasteiger partial charge in [0.1, 0.15) is 0 Å². The Bertz CT molecular complexity index is 340. The topological polar surface area (TPSA) is 51.7 Å². The summed E-state index contributed by atoms with van der Waals surface area (Å²) in [5.74, 6) is 0.780. The van der Waals surface area contributed by atoms with Gasteiger partial charge in [-0.25, -0.2) is 4.99 Å². The van der Waals surface area contributed by atoms with E-state index in [-0.39, 0.29) is 0 Å². The van der Waals surface area contributed by atoms with Crippen LogP contribution in [0, 0.1) is 0 Å². The maximum Gasteiger partial charge on any atom is 0.197 e. The highest BCUT2D eigenvalue weighted by Gasteiger charge is 2.22. The van der Waals surface area contributed by atoms with Crippen LogP contribution in [0.5, 0.6) is 0 Å². The van der Waals surface area contributed by atoms with Gasteiger partial charge in [0, 0.05) is 24.0 Å². The Hall–Kier alpha value is -1.49. The summed E-state index contributed by atoms with van der Waals surface area (Å²) in [4.78, 5) is 6.57. The zero-order chi connectivity index (χ0) is 15.0. The monoisotopic (exact) mass is 279 g/mol. The van der Waals surface area contributed by atoms with Crippen molar-refractivity contribution in [1.29, 1.82) is 0 Å². The largest absolute Gasteiger partial charge is 0.372 e. The number of nitrogens with one attached hydrogen (secondary N) is 3. The lowest BCUT2D eigenvalue weighted by Crippen LogP contribution is -2.48. The van der Waals surface area contributed by atoms with Crippen LogP contribution in [0.25, 0.3) is 0 Å². The highest BCUT2D eigenvalue weighted by Crippen LogP contribution is 2.21. The Labute approximate surface area is 123 Å². The summed E-state index contributed by atoms with van der Waals surface area (Å²) < 4.78 is 0. The second-order valence-corrected chi connectivity index (χ2v) is 5.58. The van der Waals surface area contributed by atoms with Crippen molar-refractivity contribution < 1.29 is 0 Å². The normalized spacial score (nSPS) is 23.3. The summed E-state index contributed by atoms with van der Waals surface area (Å²) >= 11 is 0. The van der Waals surface area contributed by atoms with Crippen LogP contribution in [-0.4, -0.2) is 43.7 Å². The SMILES string of the molecule is C=C/N=C(\NCNC(=C)C)N[C@H]1CC[C@H](N(C)C)CC1. The van der Waals surface area contributed by atoms with Crippen molar-refractivity contribution in [3.63, 3.8) is 0 Å². The van der Waals surface area contributed by atoms with Gasteiger partial charge in [-0.05, 0) is 46.7 Å². The van der Waals surface area contributed by atoms with Gasteiger partial charge >= 0.3 is 0 Å². The van der Waals surface area contributed by atoms with Crippen LogP contribution in [0.3, 0.4) is 0 Å². The molecule has 3 N–H and O–H groups in total. The molecule has 0 saturated heterocycles. The van der Waals surface area contributed by atoms with E-state index in [1.54, 1.807) is 6.20 Å². The van der Waals surface area contributed by atoms with E-state index in [2.05, 4.69) is 53.1 Å². The Kier molecular flexibility index (Phi) is 7.15. The van der Waals surface area contributed by atoms with Crippen molar-refractivity contribution in [3.05, 3.63) is 25.1 Å². The average molecular weight is 279 g/mol. The fourth-order valence-electron chi connectivity index (χ4n) is 2.43. The minimum atomic E-state index is 0.488. The molecule has 0 aromatic heterocycles. The molecule has 0 heterocycles. The number of hydrogen-bond donors (Lipinski definition) is 3. The van der Waals surface area contributed by atoms with Crippen LogP contribution in [0.2, 0.25) is 0 Å². The Morgan fingerprint density at radius 3 is 2.40 bits per heavy atom. The molecular formula is C15H29N5. The minimum absolute atomic E-state index is 0.488. The van der Waals surface area contributed by atoms with E-state index in [1.165, 1.54) is 25.7 Å². The summed E-state index contributed by atoms with van der Waals surface area (Å²) in [7, 11) is 4.32. The van der Waals surface area contributed by atoms with Gasteiger partial charge in [-0.3, -0.25) is 0 Å². The van der Waals surface area contributed by atoms with Crippen LogP contribution < -0.4 is 16.0 Å². The zero-order valence-electron chi connectivity index (χ0n) is 13.1. The van der Waals surface area contributed by atoms with E-state index in [9.17, 15) is 0 Å². The molecule has 0 amide bonds. The predicted molar refractivity (Wildman–Crippen MR) is 86.5 cm³/mol. The first-order valence-corrected chi connectivity index (χ1v) is 7.28. The first-order chi connectivity index (χ1) is 9.52. The Morgan fingerprint density at radius 1 is 1.25 bits per heavy atom. The summed E-state index contributed by atoms with van der Waals surface area (Å²) in [6.07, 6.45) is 6.37. The van der Waals surface area contributed by atoms with E-state index in [1.807, 2.05) is 6.92 Å². The van der Waals surface area contributed by atoms with Crippen LogP contribution in [-0.2, 0) is 0 Å². The number of rotatable bonds is 6. The molecule has 114 valence electrons. The molecule has 0 aliphatic heterocycles. The lowest BCUT2D eigenvalue weighted by Gasteiger charge is -2.33. The van der Waals surface area contributed by atoms with Gasteiger partial charge < -0.3 is 20.9 Å². The second kappa shape index (κ2) is 8.64. The second-order valence-electron chi connectivity index (χ2n) is 5.58. The summed E-state index contributed by atoms with van der Waals surface area (Å²) in [6.45, 7) is 10.0. The number of allylic oxidation sites excluding steroid dienone is 1. The molecule has 5 nitrogen and oxygen atoms in total. The molecule has 1 rings (SSSR count). The zero-order valence-corrected chi connectivity index (χ0v) is 13.1. The molecule has 0 unspecified atom stereocenters. The number of nitrogens with zero attached hydrogens (tertiary/aromatic N) is 2. The molecule has 0 radical (unpaired) electrons. The molecule has 1 fully saturated rings. The molecule has 1 aliphatic rings. The van der Waals surface area contributed by atoms with Crippen molar-refractivity contribution in [2.24, 2.45) is 4.99 Å². The molecule has 1 aliphatic carbocycles. The molecule has 20 heavy (non-hydrogen) atoms. The third-order valence-electron chi connectivity index (χ3n) is 3.63. The minimum Gasteiger partial charge on any atom is -0.372 e. The van der Waals surface area contributed by atoms with E-state index >= 15 is 0 Å². The highest BCUT2D eigenvalue weighted by atomic mass is 15.2. The smallest absolute Gasteiger partial charge is 0.197 e. The van der Waals surface area contributed by atoms with E-state index in [0.717, 1.165) is 11.7 Å². The molecule has 1 saturated carbocycles. The molecule has 0 aromatic rings. The van der Waals surface area contributed by atoms with E-state index in [4.69, 9.17) is 0 Å². The van der Waals surface area contributed by atoms with Crippen LogP contribution in [0.15, 0.2) is 30.0 Å². The first-order valence-electron chi connectivity index (χ1n) is 7.28. The van der Waals surface area contributed by atoms with E-state index in [0.29, 0.717) is 18.8 Å². The van der Waals surface area contributed by atoms with Crippen molar-refractivity contribution >= 4 is 5.96 Å². The fraction of sp³-hybridized carbons (Fsp3) is 0.667. The third kappa shape index (κ3) is 6.10. The van der Waals surface area contributed by atoms with Crippen molar-refractivity contribution in [1.82, 2.24) is 20.9 Å². The van der Waals surface area contributed by atoms with Crippen molar-refractivity contribution in [2.45, 2.75) is 44.7 Å². The maximum atomic E-state index is 4.25. The quantitative estimate of drug-likeness (QED) is 0.393. The van der Waals surface area contributed by atoms with Gasteiger partial charge in [-0.15, -0.1) is 0 Å². The van der Waals surface area contributed by atoms with Gasteiger partial charge in [-0.2, -0.15) is 0 Å². The average Bonchev–Trinajstić information content (AvgIpc) is 2.39. The lowest BCUT2D eigenvalue weighted by molar-refractivity contribution is 0.211. The summed E-state index contributed by atoms with van der Waals surface area (Å²) in [5, 5.41) is 9.81. The predicted octanol–water partition coefficient (Wildman–Crippen LogP) is 1.62. The number of hydrogen-bond acceptors (Lipinski definition) is 3. The van der Waals surface area contributed by atoms with Gasteiger partial charge in [0.05, 0.1) is 6.67 Å². The summed E-state index contributed by atoms with van der Waals surface area (Å²) in [5.41, 5.74) is 0.932. The third-order valence-corrected chi connectivity index (χ3v) is 3.63. The first kappa shape index (κ1) is 16.6. The molecular weight excluding hydrogens is 250 g/mol. The number of aliphatic imine (C=N–C) groups is 1. The highest BCUT2D eigenvalue weighted by molar-refractivity contribution is 5.80. The van der Waals surface area contributed by atoms with Gasteiger partial charge in [0.2, 0.25) is 0 Å². The molecule has 0 bridgehead atoms. The van der Waals surface area contributed by atoms with Crippen LogP contribution >= 0.6 is 0 Å².